The number of fused-ring (bicyclic) bond motifs is 1. The molecule has 2 rings (SSSR count). The minimum atomic E-state index is -0.889. The Balaban J connectivity index is 2.32. The van der Waals surface area contributed by atoms with Crippen LogP contribution in [0.2, 0.25) is 0 Å². The van der Waals surface area contributed by atoms with E-state index in [-0.39, 0.29) is 5.92 Å². The van der Waals surface area contributed by atoms with E-state index >= 15 is 0 Å². The minimum Gasteiger partial charge on any atom is -0.480 e. The maximum Gasteiger partial charge on any atom is 0.326 e. The second kappa shape index (κ2) is 5.85. The molecule has 7 heteroatoms. The molecule has 0 unspecified atom stereocenters. The number of carbonyl (C=O) groups is 1. The molecule has 0 saturated carbocycles. The van der Waals surface area contributed by atoms with Gasteiger partial charge in [-0.3, -0.25) is 0 Å². The normalized spacial score (nSPS) is 12.8. The van der Waals surface area contributed by atoms with E-state index in [2.05, 4.69) is 20.3 Å². The van der Waals surface area contributed by atoms with Gasteiger partial charge in [-0.15, -0.1) is 0 Å². The summed E-state index contributed by atoms with van der Waals surface area (Å²) in [6.45, 7) is 6.72. The number of hydrogen-bond donors (Lipinski definition) is 2. The molecule has 2 aromatic rings. The van der Waals surface area contributed by atoms with E-state index in [0.29, 0.717) is 23.4 Å². The molecule has 0 bridgehead atoms. The molecule has 7 nitrogen and oxygen atoms in total. The smallest absolute Gasteiger partial charge is 0.326 e. The first-order chi connectivity index (χ1) is 9.52. The van der Waals surface area contributed by atoms with E-state index < -0.39 is 12.0 Å². The van der Waals surface area contributed by atoms with Crippen molar-refractivity contribution in [2.24, 2.45) is 5.92 Å². The summed E-state index contributed by atoms with van der Waals surface area (Å²) >= 11 is 0. The van der Waals surface area contributed by atoms with Crippen molar-refractivity contribution in [1.82, 2.24) is 19.5 Å². The number of carboxylic acid groups (broad SMARTS) is 1. The summed E-state index contributed by atoms with van der Waals surface area (Å²) in [7, 11) is 0. The summed E-state index contributed by atoms with van der Waals surface area (Å²) in [6, 6.07) is -0.681. The fraction of sp³-hybridized carbons (Fsp3) is 0.538. The van der Waals surface area contributed by atoms with Crippen molar-refractivity contribution in [3.8, 4) is 0 Å². The number of imidazole rings is 1. The molecular formula is C13H19N5O2. The Morgan fingerprint density at radius 2 is 2.15 bits per heavy atom. The molecule has 0 fully saturated rings. The van der Waals surface area contributed by atoms with Crippen molar-refractivity contribution in [1.29, 1.82) is 0 Å². The molecule has 0 aromatic carbocycles. The highest BCUT2D eigenvalue weighted by Crippen LogP contribution is 2.19. The molecule has 0 aliphatic rings. The number of aromatic nitrogens is 4. The molecule has 0 amide bonds. The van der Waals surface area contributed by atoms with Gasteiger partial charge in [0, 0.05) is 6.54 Å². The van der Waals surface area contributed by atoms with Crippen LogP contribution in [-0.4, -0.2) is 36.6 Å². The van der Waals surface area contributed by atoms with Crippen LogP contribution in [0.25, 0.3) is 11.2 Å². The van der Waals surface area contributed by atoms with E-state index in [1.165, 1.54) is 6.33 Å². The fourth-order valence-electron chi connectivity index (χ4n) is 2.08. The standard InChI is InChI=1S/C13H19N5O2/c1-4-18-7-16-10-11(14-6-15-12(10)18)17-9(13(19)20)5-8(2)3/h6-9H,4-5H2,1-3H3,(H,19,20)(H,14,15,17)/t9-/m0/s1. The van der Waals surface area contributed by atoms with Gasteiger partial charge in [-0.05, 0) is 19.3 Å². The van der Waals surface area contributed by atoms with Crippen molar-refractivity contribution in [3.05, 3.63) is 12.7 Å². The summed E-state index contributed by atoms with van der Waals surface area (Å²) in [4.78, 5) is 23.9. The Labute approximate surface area is 117 Å². The predicted molar refractivity (Wildman–Crippen MR) is 75.5 cm³/mol. The number of hydrogen-bond acceptors (Lipinski definition) is 5. The molecule has 0 spiro atoms. The third-order valence-electron chi connectivity index (χ3n) is 3.06. The van der Waals surface area contributed by atoms with Crippen LogP contribution < -0.4 is 5.32 Å². The predicted octanol–water partition coefficient (Wildman–Crippen LogP) is 1.76. The number of aliphatic carboxylic acids is 1. The summed E-state index contributed by atoms with van der Waals surface area (Å²) in [5, 5.41) is 12.2. The van der Waals surface area contributed by atoms with Crippen molar-refractivity contribution in [2.45, 2.75) is 39.8 Å². The molecule has 2 heterocycles. The van der Waals surface area contributed by atoms with Gasteiger partial charge in [-0.25, -0.2) is 19.7 Å². The summed E-state index contributed by atoms with van der Waals surface area (Å²) in [5.41, 5.74) is 1.31. The van der Waals surface area contributed by atoms with Crippen LogP contribution in [0.3, 0.4) is 0 Å². The fourth-order valence-corrected chi connectivity index (χ4v) is 2.08. The Morgan fingerprint density at radius 3 is 2.75 bits per heavy atom. The lowest BCUT2D eigenvalue weighted by atomic mass is 10.0. The molecule has 0 aliphatic heterocycles. The van der Waals surface area contributed by atoms with Crippen LogP contribution in [0, 0.1) is 5.92 Å². The van der Waals surface area contributed by atoms with Crippen molar-refractivity contribution >= 4 is 23.0 Å². The third kappa shape index (κ3) is 2.87. The molecule has 2 N–H and O–H groups in total. The monoisotopic (exact) mass is 277 g/mol. The average molecular weight is 277 g/mol. The molecule has 2 aromatic heterocycles. The highest BCUT2D eigenvalue weighted by molar-refractivity contribution is 5.86. The topological polar surface area (TPSA) is 92.9 Å². The van der Waals surface area contributed by atoms with Crippen LogP contribution >= 0.6 is 0 Å². The van der Waals surface area contributed by atoms with Gasteiger partial charge < -0.3 is 15.0 Å². The first kappa shape index (κ1) is 14.2. The Morgan fingerprint density at radius 1 is 1.40 bits per heavy atom. The van der Waals surface area contributed by atoms with Gasteiger partial charge in [-0.2, -0.15) is 0 Å². The highest BCUT2D eigenvalue weighted by Gasteiger charge is 2.21. The second-order valence-electron chi connectivity index (χ2n) is 5.09. The Bertz CT molecular complexity index is 608. The Hall–Kier alpha value is -2.18. The molecule has 0 saturated heterocycles. The van der Waals surface area contributed by atoms with Gasteiger partial charge in [0.15, 0.2) is 11.5 Å². The zero-order valence-corrected chi connectivity index (χ0v) is 11.9. The van der Waals surface area contributed by atoms with Gasteiger partial charge in [0.25, 0.3) is 0 Å². The number of rotatable bonds is 6. The number of anilines is 1. The van der Waals surface area contributed by atoms with E-state index in [1.807, 2.05) is 25.3 Å². The lowest BCUT2D eigenvalue weighted by molar-refractivity contribution is -0.138. The van der Waals surface area contributed by atoms with Crippen molar-refractivity contribution in [2.75, 3.05) is 5.32 Å². The number of aryl methyl sites for hydroxylation is 1. The molecule has 0 radical (unpaired) electrons. The van der Waals surface area contributed by atoms with Gasteiger partial charge >= 0.3 is 5.97 Å². The average Bonchev–Trinajstić information content (AvgIpc) is 2.81. The largest absolute Gasteiger partial charge is 0.480 e. The third-order valence-corrected chi connectivity index (χ3v) is 3.06. The van der Waals surface area contributed by atoms with E-state index in [1.54, 1.807) is 6.33 Å². The quantitative estimate of drug-likeness (QED) is 0.835. The highest BCUT2D eigenvalue weighted by atomic mass is 16.4. The zero-order chi connectivity index (χ0) is 14.7. The first-order valence-electron chi connectivity index (χ1n) is 6.68. The maximum absolute atomic E-state index is 11.3. The van der Waals surface area contributed by atoms with Crippen molar-refractivity contribution < 1.29 is 9.90 Å². The van der Waals surface area contributed by atoms with Crippen molar-refractivity contribution in [3.63, 3.8) is 0 Å². The zero-order valence-electron chi connectivity index (χ0n) is 11.9. The summed E-state index contributed by atoms with van der Waals surface area (Å²) in [6.07, 6.45) is 3.63. The van der Waals surface area contributed by atoms with Gasteiger partial charge in [0.2, 0.25) is 0 Å². The van der Waals surface area contributed by atoms with Crippen LogP contribution in [0.1, 0.15) is 27.2 Å². The maximum atomic E-state index is 11.3. The lowest BCUT2D eigenvalue weighted by Crippen LogP contribution is -2.31. The summed E-state index contributed by atoms with van der Waals surface area (Å²) < 4.78 is 1.89. The van der Waals surface area contributed by atoms with Gasteiger partial charge in [0.05, 0.1) is 6.33 Å². The van der Waals surface area contributed by atoms with E-state index in [0.717, 1.165) is 6.54 Å². The second-order valence-corrected chi connectivity index (χ2v) is 5.09. The number of carboxylic acids is 1. The van der Waals surface area contributed by atoms with Crippen LogP contribution in [0.4, 0.5) is 5.82 Å². The van der Waals surface area contributed by atoms with E-state index in [4.69, 9.17) is 0 Å². The lowest BCUT2D eigenvalue weighted by Gasteiger charge is -2.16. The van der Waals surface area contributed by atoms with Gasteiger partial charge in [0.1, 0.15) is 17.9 Å². The molecular weight excluding hydrogens is 258 g/mol. The molecule has 108 valence electrons. The SMILES string of the molecule is CCn1cnc2c(N[C@@H](CC(C)C)C(=O)O)ncnc21. The Kier molecular flexibility index (Phi) is 4.16. The van der Waals surface area contributed by atoms with Crippen LogP contribution in [0.5, 0.6) is 0 Å². The molecule has 1 atom stereocenters. The van der Waals surface area contributed by atoms with Gasteiger partial charge in [-0.1, -0.05) is 13.8 Å². The number of nitrogens with one attached hydrogen (secondary N) is 1. The number of nitrogens with zero attached hydrogens (tertiary/aromatic N) is 4. The first-order valence-corrected chi connectivity index (χ1v) is 6.68. The van der Waals surface area contributed by atoms with Crippen LogP contribution in [0.15, 0.2) is 12.7 Å². The van der Waals surface area contributed by atoms with E-state index in [9.17, 15) is 9.90 Å². The minimum absolute atomic E-state index is 0.272. The summed E-state index contributed by atoms with van der Waals surface area (Å²) in [5.74, 6) is -0.148. The van der Waals surface area contributed by atoms with Crippen LogP contribution in [-0.2, 0) is 11.3 Å². The molecule has 20 heavy (non-hydrogen) atoms. The molecule has 0 aliphatic carbocycles.